The molecule has 4 rings (SSSR count). The molecule has 2 aliphatic rings. The van der Waals surface area contributed by atoms with E-state index < -0.39 is 0 Å². The number of hydrogen-bond donors (Lipinski definition) is 1. The topological polar surface area (TPSA) is 61.9 Å². The predicted molar refractivity (Wildman–Crippen MR) is 118 cm³/mol. The van der Waals surface area contributed by atoms with E-state index in [1.165, 1.54) is 12.0 Å². The van der Waals surface area contributed by atoms with Gasteiger partial charge in [0.2, 0.25) is 11.8 Å². The second kappa shape index (κ2) is 8.88. The van der Waals surface area contributed by atoms with E-state index in [0.717, 1.165) is 37.2 Å². The summed E-state index contributed by atoms with van der Waals surface area (Å²) in [6, 6.07) is 15.5. The number of ether oxygens (including phenoxy) is 1. The van der Waals surface area contributed by atoms with Crippen molar-refractivity contribution < 1.29 is 14.3 Å². The Hall–Kier alpha value is -2.86. The molecule has 158 valence electrons. The molecule has 2 amide bonds. The van der Waals surface area contributed by atoms with Gasteiger partial charge in [-0.2, -0.15) is 0 Å². The van der Waals surface area contributed by atoms with E-state index in [9.17, 15) is 9.59 Å². The van der Waals surface area contributed by atoms with Crippen LogP contribution in [0.1, 0.15) is 44.2 Å². The largest absolute Gasteiger partial charge is 0.497 e. The molecule has 2 aliphatic heterocycles. The minimum absolute atomic E-state index is 0.0299. The molecule has 0 aliphatic carbocycles. The number of nitrogens with zero attached hydrogens (tertiary/aromatic N) is 2. The van der Waals surface area contributed by atoms with Gasteiger partial charge in [-0.3, -0.25) is 19.4 Å². The maximum atomic E-state index is 13.6. The Morgan fingerprint density at radius 1 is 1.10 bits per heavy atom. The molecule has 1 fully saturated rings. The van der Waals surface area contributed by atoms with Gasteiger partial charge in [0.15, 0.2) is 0 Å². The fraction of sp³-hybridized carbons (Fsp3) is 0.417. The molecule has 6 nitrogen and oxygen atoms in total. The lowest BCUT2D eigenvalue weighted by atomic mass is 9.99. The van der Waals surface area contributed by atoms with Crippen LogP contribution in [-0.2, 0) is 9.59 Å². The average molecular weight is 408 g/mol. The number of benzene rings is 2. The van der Waals surface area contributed by atoms with Crippen LogP contribution >= 0.6 is 0 Å². The number of rotatable bonds is 4. The first-order chi connectivity index (χ1) is 14.6. The van der Waals surface area contributed by atoms with Crippen LogP contribution < -0.4 is 15.0 Å². The van der Waals surface area contributed by atoms with Crippen LogP contribution in [0.4, 0.5) is 11.4 Å². The maximum absolute atomic E-state index is 13.6. The van der Waals surface area contributed by atoms with Crippen molar-refractivity contribution in [1.29, 1.82) is 0 Å². The Bertz CT molecular complexity index is 912. The number of fused-ring (bicyclic) bond motifs is 1. The van der Waals surface area contributed by atoms with Crippen LogP contribution in [0, 0.1) is 0 Å². The summed E-state index contributed by atoms with van der Waals surface area (Å²) in [5.74, 6) is 0.647. The summed E-state index contributed by atoms with van der Waals surface area (Å²) in [5.41, 5.74) is 2.66. The van der Waals surface area contributed by atoms with Gasteiger partial charge in [-0.1, -0.05) is 37.1 Å². The number of carbonyl (C=O) groups is 2. The predicted octanol–water partition coefficient (Wildman–Crippen LogP) is 3.99. The van der Waals surface area contributed by atoms with E-state index in [2.05, 4.69) is 22.3 Å². The molecule has 0 saturated carbocycles. The third kappa shape index (κ3) is 4.05. The van der Waals surface area contributed by atoms with Gasteiger partial charge in [0.05, 0.1) is 24.5 Å². The highest BCUT2D eigenvalue weighted by molar-refractivity contribution is 6.11. The van der Waals surface area contributed by atoms with Crippen molar-refractivity contribution >= 4 is 23.2 Å². The summed E-state index contributed by atoms with van der Waals surface area (Å²) < 4.78 is 5.30. The van der Waals surface area contributed by atoms with Crippen molar-refractivity contribution in [2.75, 3.05) is 30.4 Å². The van der Waals surface area contributed by atoms with Crippen LogP contribution in [0.25, 0.3) is 0 Å². The molecule has 2 aromatic rings. The van der Waals surface area contributed by atoms with Gasteiger partial charge in [0.25, 0.3) is 0 Å². The number of para-hydroxylation sites is 2. The monoisotopic (exact) mass is 407 g/mol. The summed E-state index contributed by atoms with van der Waals surface area (Å²) in [7, 11) is 1.67. The van der Waals surface area contributed by atoms with Crippen molar-refractivity contribution in [1.82, 2.24) is 4.90 Å². The van der Waals surface area contributed by atoms with Crippen molar-refractivity contribution in [3.8, 4) is 5.75 Å². The first kappa shape index (κ1) is 20.4. The molecule has 6 heteroatoms. The average Bonchev–Trinajstić information content (AvgIpc) is 3.03. The second-order valence-electron chi connectivity index (χ2n) is 8.04. The van der Waals surface area contributed by atoms with Gasteiger partial charge in [-0.25, -0.2) is 0 Å². The highest BCUT2D eigenvalue weighted by atomic mass is 16.5. The molecular weight excluding hydrogens is 378 g/mol. The van der Waals surface area contributed by atoms with Crippen LogP contribution in [0.3, 0.4) is 0 Å². The molecule has 0 unspecified atom stereocenters. The molecule has 0 spiro atoms. The highest BCUT2D eigenvalue weighted by Gasteiger charge is 2.35. The molecule has 1 saturated heterocycles. The molecular formula is C24H29N3O3. The number of hydrogen-bond acceptors (Lipinski definition) is 4. The fourth-order valence-electron chi connectivity index (χ4n) is 4.58. The fourth-order valence-corrected chi connectivity index (χ4v) is 4.58. The van der Waals surface area contributed by atoms with Crippen LogP contribution in [0.15, 0.2) is 48.5 Å². The van der Waals surface area contributed by atoms with E-state index in [1.807, 2.05) is 43.3 Å². The number of anilines is 2. The molecule has 2 heterocycles. The van der Waals surface area contributed by atoms with E-state index in [-0.39, 0.29) is 30.4 Å². The lowest BCUT2D eigenvalue weighted by Crippen LogP contribution is -2.52. The quantitative estimate of drug-likeness (QED) is 0.833. The maximum Gasteiger partial charge on any atom is 0.244 e. The Kier molecular flexibility index (Phi) is 6.04. The SMILES string of the molecule is COc1ccc([C@H]2CCCCCN2[C@@H](C)C(=O)N2CC(=O)Nc3ccccc32)cc1. The van der Waals surface area contributed by atoms with Gasteiger partial charge in [-0.05, 0) is 56.1 Å². The Morgan fingerprint density at radius 2 is 1.87 bits per heavy atom. The molecule has 2 aromatic carbocycles. The van der Waals surface area contributed by atoms with E-state index in [4.69, 9.17) is 4.74 Å². The number of methoxy groups -OCH3 is 1. The van der Waals surface area contributed by atoms with Crippen LogP contribution in [0.2, 0.25) is 0 Å². The molecule has 30 heavy (non-hydrogen) atoms. The van der Waals surface area contributed by atoms with Gasteiger partial charge in [0, 0.05) is 6.04 Å². The van der Waals surface area contributed by atoms with Gasteiger partial charge < -0.3 is 10.1 Å². The Balaban J connectivity index is 1.61. The van der Waals surface area contributed by atoms with Crippen LogP contribution in [0.5, 0.6) is 5.75 Å². The second-order valence-corrected chi connectivity index (χ2v) is 8.04. The molecule has 0 bridgehead atoms. The van der Waals surface area contributed by atoms with E-state index >= 15 is 0 Å². The standard InChI is InChI=1S/C24H29N3O3/c1-17(24(29)27-16-23(28)25-20-8-5-6-10-22(20)27)26-15-7-3-4-9-21(26)18-11-13-19(30-2)14-12-18/h5-6,8,10-14,17,21H,3-4,7,9,15-16H2,1-2H3,(H,25,28)/t17-,21+/m0/s1. The lowest BCUT2D eigenvalue weighted by molar-refractivity contribution is -0.126. The highest BCUT2D eigenvalue weighted by Crippen LogP contribution is 2.35. The minimum atomic E-state index is -0.325. The van der Waals surface area contributed by atoms with E-state index in [1.54, 1.807) is 12.0 Å². The summed E-state index contributed by atoms with van der Waals surface area (Å²) in [6.45, 7) is 2.89. The van der Waals surface area contributed by atoms with Gasteiger partial charge in [-0.15, -0.1) is 0 Å². The van der Waals surface area contributed by atoms with Crippen molar-refractivity contribution in [2.45, 2.75) is 44.7 Å². The summed E-state index contributed by atoms with van der Waals surface area (Å²) in [4.78, 5) is 29.7. The molecule has 0 aromatic heterocycles. The Labute approximate surface area is 177 Å². The molecule has 2 atom stereocenters. The van der Waals surface area contributed by atoms with Crippen molar-refractivity contribution in [3.05, 3.63) is 54.1 Å². The summed E-state index contributed by atoms with van der Waals surface area (Å²) in [5, 5.41) is 2.86. The first-order valence-corrected chi connectivity index (χ1v) is 10.7. The molecule has 0 radical (unpaired) electrons. The smallest absolute Gasteiger partial charge is 0.244 e. The number of amides is 2. The Morgan fingerprint density at radius 3 is 2.63 bits per heavy atom. The zero-order chi connectivity index (χ0) is 21.1. The van der Waals surface area contributed by atoms with Crippen LogP contribution in [-0.4, -0.2) is 43.0 Å². The summed E-state index contributed by atoms with van der Waals surface area (Å²) in [6.07, 6.45) is 4.39. The van der Waals surface area contributed by atoms with E-state index in [0.29, 0.717) is 5.69 Å². The van der Waals surface area contributed by atoms with Gasteiger partial charge in [0.1, 0.15) is 12.3 Å². The van der Waals surface area contributed by atoms with Crippen molar-refractivity contribution in [3.63, 3.8) is 0 Å². The third-order valence-corrected chi connectivity index (χ3v) is 6.19. The third-order valence-electron chi connectivity index (χ3n) is 6.19. The zero-order valence-electron chi connectivity index (χ0n) is 17.6. The molecule has 1 N–H and O–H groups in total. The number of carbonyl (C=O) groups excluding carboxylic acids is 2. The minimum Gasteiger partial charge on any atom is -0.497 e. The van der Waals surface area contributed by atoms with Gasteiger partial charge >= 0.3 is 0 Å². The van der Waals surface area contributed by atoms with Crippen molar-refractivity contribution in [2.24, 2.45) is 0 Å². The lowest BCUT2D eigenvalue weighted by Gasteiger charge is -2.38. The first-order valence-electron chi connectivity index (χ1n) is 10.7. The number of likely N-dealkylation sites (tertiary alicyclic amines) is 1. The zero-order valence-corrected chi connectivity index (χ0v) is 17.6. The summed E-state index contributed by atoms with van der Waals surface area (Å²) >= 11 is 0. The normalized spacial score (nSPS) is 20.7. The number of nitrogens with one attached hydrogen (secondary N) is 1.